The van der Waals surface area contributed by atoms with Gasteiger partial charge >= 0.3 is 0 Å². The van der Waals surface area contributed by atoms with Crippen molar-refractivity contribution >= 4 is 97.3 Å². The van der Waals surface area contributed by atoms with Crippen LogP contribution in [0, 0.1) is 0 Å². The van der Waals surface area contributed by atoms with Crippen molar-refractivity contribution in [2.75, 3.05) is 11.4 Å². The molecule has 0 N–H and O–H groups in total. The second-order valence-electron chi connectivity index (χ2n) is 13.0. The van der Waals surface area contributed by atoms with Gasteiger partial charge in [-0.05, 0) is 89.6 Å². The number of benzene rings is 4. The molecule has 2 fully saturated rings. The van der Waals surface area contributed by atoms with Crippen LogP contribution in [-0.4, -0.2) is 37.8 Å². The molecule has 4 aromatic carbocycles. The van der Waals surface area contributed by atoms with Crippen molar-refractivity contribution in [3.05, 3.63) is 150 Å². The molecule has 0 radical (unpaired) electrons. The molecule has 0 amide bonds. The molecule has 0 bridgehead atoms. The summed E-state index contributed by atoms with van der Waals surface area (Å²) >= 11 is 14.0. The first kappa shape index (κ1) is 34.5. The van der Waals surface area contributed by atoms with E-state index >= 15 is 0 Å². The number of anilines is 2. The normalized spacial score (nSPS) is 19.2. The van der Waals surface area contributed by atoms with E-state index in [9.17, 15) is 9.59 Å². The summed E-state index contributed by atoms with van der Waals surface area (Å²) in [4.78, 5) is 30.6. The summed E-state index contributed by atoms with van der Waals surface area (Å²) in [7, 11) is 0. The Kier molecular flexibility index (Phi) is 9.80. The van der Waals surface area contributed by atoms with Gasteiger partial charge in [-0.2, -0.15) is 0 Å². The molecule has 52 heavy (non-hydrogen) atoms. The first-order valence-corrected chi connectivity index (χ1v) is 19.8. The van der Waals surface area contributed by atoms with Crippen LogP contribution in [0.4, 0.5) is 11.4 Å². The Morgan fingerprint density at radius 1 is 0.904 bits per heavy atom. The first-order chi connectivity index (χ1) is 25.4. The SMILES string of the molecule is CCN1C(=S)SC(=c2sc(=Cc3ccc4c(c3)C3CCCC3N4c3ccc(C=C(c4ccccc4)c4ccccc4)cc3)c(=O)n2COC=O)C1=S. The summed E-state index contributed by atoms with van der Waals surface area (Å²) in [5.41, 5.74) is 9.19. The van der Waals surface area contributed by atoms with Gasteiger partial charge in [0.15, 0.2) is 6.73 Å². The van der Waals surface area contributed by atoms with Crippen LogP contribution in [-0.2, 0) is 16.3 Å². The maximum atomic E-state index is 13.7. The van der Waals surface area contributed by atoms with Gasteiger partial charge in [-0.15, -0.1) is 11.3 Å². The van der Waals surface area contributed by atoms with E-state index in [1.54, 1.807) is 0 Å². The van der Waals surface area contributed by atoms with E-state index in [1.165, 1.54) is 67.7 Å². The molecular weight excluding hydrogens is 723 g/mol. The molecule has 2 unspecified atom stereocenters. The third kappa shape index (κ3) is 6.38. The molecule has 3 aliphatic rings. The highest BCUT2D eigenvalue weighted by molar-refractivity contribution is 8.31. The van der Waals surface area contributed by atoms with Crippen molar-refractivity contribution in [2.45, 2.75) is 44.9 Å². The molecule has 10 heteroatoms. The zero-order valence-electron chi connectivity index (χ0n) is 28.4. The van der Waals surface area contributed by atoms with E-state index < -0.39 is 0 Å². The van der Waals surface area contributed by atoms with E-state index in [2.05, 4.69) is 114 Å². The van der Waals surface area contributed by atoms with Gasteiger partial charge in [0.25, 0.3) is 12.0 Å². The van der Waals surface area contributed by atoms with E-state index in [0.717, 1.165) is 28.9 Å². The molecular formula is C42H35N3O3S4. The van der Waals surface area contributed by atoms with Gasteiger partial charge in [0, 0.05) is 29.9 Å². The lowest BCUT2D eigenvalue weighted by molar-refractivity contribution is -0.132. The fourth-order valence-corrected chi connectivity index (χ4v) is 10.9. The maximum absolute atomic E-state index is 13.7. The van der Waals surface area contributed by atoms with Crippen molar-refractivity contribution in [1.82, 2.24) is 9.47 Å². The van der Waals surface area contributed by atoms with Gasteiger partial charge in [0.05, 0.1) is 9.44 Å². The fraction of sp³-hybridized carbons (Fsp3) is 0.190. The second-order valence-corrected chi connectivity index (χ2v) is 16.0. The molecule has 1 saturated heterocycles. The summed E-state index contributed by atoms with van der Waals surface area (Å²) in [6.45, 7) is 2.80. The molecule has 1 saturated carbocycles. The highest BCUT2D eigenvalue weighted by atomic mass is 32.2. The highest BCUT2D eigenvalue weighted by Gasteiger charge is 2.42. The maximum Gasteiger partial charge on any atom is 0.294 e. The Balaban J connectivity index is 1.14. The molecule has 0 spiro atoms. The van der Waals surface area contributed by atoms with E-state index in [4.69, 9.17) is 29.2 Å². The number of thiazole rings is 1. The topological polar surface area (TPSA) is 54.8 Å². The predicted molar refractivity (Wildman–Crippen MR) is 222 cm³/mol. The Morgan fingerprint density at radius 2 is 1.60 bits per heavy atom. The molecule has 8 rings (SSSR count). The number of aromatic nitrogens is 1. The summed E-state index contributed by atoms with van der Waals surface area (Å²) in [6.07, 6.45) is 7.66. The number of thiocarbonyl (C=S) groups is 2. The Labute approximate surface area is 321 Å². The number of hydrogen-bond acceptors (Lipinski definition) is 8. The number of thioether (sulfide) groups is 1. The number of ether oxygens (including phenoxy) is 1. The quantitative estimate of drug-likeness (QED) is 0.0852. The van der Waals surface area contributed by atoms with Crippen LogP contribution in [0.1, 0.15) is 59.9 Å². The molecule has 5 aromatic rings. The number of carbonyl (C=O) groups excluding carboxylic acids is 1. The lowest BCUT2D eigenvalue weighted by Gasteiger charge is -2.27. The van der Waals surface area contributed by atoms with Gasteiger partial charge in [-0.25, -0.2) is 0 Å². The molecule has 3 heterocycles. The highest BCUT2D eigenvalue weighted by Crippen LogP contribution is 2.52. The third-order valence-corrected chi connectivity index (χ3v) is 13.3. The lowest BCUT2D eigenvalue weighted by atomic mass is 9.95. The van der Waals surface area contributed by atoms with Gasteiger partial charge in [0.2, 0.25) is 0 Å². The number of carbonyl (C=O) groups is 1. The van der Waals surface area contributed by atoms with Gasteiger partial charge in [0.1, 0.15) is 14.0 Å². The Morgan fingerprint density at radius 3 is 2.25 bits per heavy atom. The molecule has 1 aromatic heterocycles. The summed E-state index contributed by atoms with van der Waals surface area (Å²) in [6, 6.07) is 37.0. The standard InChI is InChI=1S/C42H35N3O3S4/c1-2-43-40(49)38(52-42(43)50)41-44(25-48-26-46)39(47)37(51-41)24-28-18-21-36-34(23-28)32-14-9-15-35(32)45(36)31-19-16-27(17-20-31)22-33(29-10-5-3-6-11-29)30-12-7-4-8-13-30/h3-8,10-13,16-24,26,32,35H,2,9,14-15,25H2,1H3. The minimum absolute atomic E-state index is 0.190. The third-order valence-electron chi connectivity index (χ3n) is 10.0. The Hall–Kier alpha value is -4.61. The monoisotopic (exact) mass is 757 g/mol. The summed E-state index contributed by atoms with van der Waals surface area (Å²) < 4.78 is 8.39. The van der Waals surface area contributed by atoms with Crippen LogP contribution in [0.5, 0.6) is 0 Å². The van der Waals surface area contributed by atoms with Crippen molar-refractivity contribution in [2.24, 2.45) is 0 Å². The fourth-order valence-electron chi connectivity index (χ4n) is 7.63. The number of rotatable bonds is 9. The van der Waals surface area contributed by atoms with Gasteiger partial charge in [-0.3, -0.25) is 14.2 Å². The van der Waals surface area contributed by atoms with Gasteiger partial charge in [-0.1, -0.05) is 121 Å². The second kappa shape index (κ2) is 14.8. The molecule has 6 nitrogen and oxygen atoms in total. The zero-order valence-corrected chi connectivity index (χ0v) is 31.7. The minimum atomic E-state index is -0.226. The van der Waals surface area contributed by atoms with Crippen molar-refractivity contribution in [3.63, 3.8) is 0 Å². The molecule has 1 aliphatic carbocycles. The Bertz CT molecular complexity index is 2360. The first-order valence-electron chi connectivity index (χ1n) is 17.4. The van der Waals surface area contributed by atoms with Crippen LogP contribution in [0.25, 0.3) is 22.6 Å². The van der Waals surface area contributed by atoms with Crippen LogP contribution in [0.15, 0.2) is 108 Å². The van der Waals surface area contributed by atoms with Crippen LogP contribution in [0.2, 0.25) is 0 Å². The average Bonchev–Trinajstić information content (AvgIpc) is 3.92. The lowest BCUT2D eigenvalue weighted by Crippen LogP contribution is -2.34. The summed E-state index contributed by atoms with van der Waals surface area (Å²) in [5, 5.41) is 0. The van der Waals surface area contributed by atoms with Crippen LogP contribution < -0.4 is 19.7 Å². The van der Waals surface area contributed by atoms with E-state index in [-0.39, 0.29) is 12.3 Å². The minimum Gasteiger partial charge on any atom is -0.446 e. The summed E-state index contributed by atoms with van der Waals surface area (Å²) in [5.74, 6) is 0.422. The average molecular weight is 758 g/mol. The van der Waals surface area contributed by atoms with Gasteiger partial charge < -0.3 is 14.5 Å². The molecule has 2 atom stereocenters. The predicted octanol–water partition coefficient (Wildman–Crippen LogP) is 8.04. The number of nitrogens with zero attached hydrogens (tertiary/aromatic N) is 3. The van der Waals surface area contributed by atoms with Crippen molar-refractivity contribution < 1.29 is 9.53 Å². The number of hydrogen-bond donors (Lipinski definition) is 0. The van der Waals surface area contributed by atoms with E-state index in [1.807, 2.05) is 17.9 Å². The van der Waals surface area contributed by atoms with Crippen molar-refractivity contribution in [1.29, 1.82) is 0 Å². The van der Waals surface area contributed by atoms with E-state index in [0.29, 0.717) is 43.5 Å². The molecule has 260 valence electrons. The van der Waals surface area contributed by atoms with Crippen LogP contribution >= 0.6 is 47.5 Å². The smallest absolute Gasteiger partial charge is 0.294 e. The van der Waals surface area contributed by atoms with Crippen molar-refractivity contribution in [3.8, 4) is 0 Å². The molecule has 2 aliphatic heterocycles. The number of fused-ring (bicyclic) bond motifs is 3. The largest absolute Gasteiger partial charge is 0.446 e. The van der Waals surface area contributed by atoms with Crippen LogP contribution in [0.3, 0.4) is 0 Å². The zero-order chi connectivity index (χ0) is 35.8.